The lowest BCUT2D eigenvalue weighted by Gasteiger charge is -2.17. The molecule has 0 saturated heterocycles. The van der Waals surface area contributed by atoms with Crippen LogP contribution < -0.4 is 11.1 Å². The van der Waals surface area contributed by atoms with Crippen LogP contribution in [0.1, 0.15) is 13.8 Å². The minimum atomic E-state index is -0.275. The van der Waals surface area contributed by atoms with Gasteiger partial charge in [0.2, 0.25) is 11.2 Å². The molecule has 0 fully saturated rings. The summed E-state index contributed by atoms with van der Waals surface area (Å²) in [7, 11) is 0. The van der Waals surface area contributed by atoms with E-state index in [1.807, 2.05) is 13.8 Å². The molecular weight excluding hydrogens is 263 g/mol. The molecule has 1 aromatic rings. The van der Waals surface area contributed by atoms with Crippen LogP contribution in [-0.2, 0) is 4.79 Å². The van der Waals surface area contributed by atoms with Crippen molar-refractivity contribution in [1.29, 1.82) is 0 Å². The summed E-state index contributed by atoms with van der Waals surface area (Å²) in [5.74, 6) is -0.0530. The number of amides is 1. The monoisotopic (exact) mass is 276 g/mol. The second kappa shape index (κ2) is 6.14. The highest BCUT2D eigenvalue weighted by molar-refractivity contribution is 6.32. The molecule has 1 atom stereocenters. The largest absolute Gasteiger partial charge is 0.330 e. The van der Waals surface area contributed by atoms with E-state index in [1.54, 1.807) is 0 Å². The minimum Gasteiger partial charge on any atom is -0.330 e. The smallest absolute Gasteiger partial charge is 0.230 e. The highest BCUT2D eigenvalue weighted by Gasteiger charge is 2.21. The Morgan fingerprint density at radius 3 is 2.59 bits per heavy atom. The van der Waals surface area contributed by atoms with Crippen LogP contribution in [0.4, 0.5) is 5.82 Å². The zero-order valence-corrected chi connectivity index (χ0v) is 11.1. The fourth-order valence-electron chi connectivity index (χ4n) is 1.35. The molecule has 0 aromatic carbocycles. The van der Waals surface area contributed by atoms with Gasteiger partial charge in [0, 0.05) is 12.6 Å². The van der Waals surface area contributed by atoms with Gasteiger partial charge in [-0.1, -0.05) is 25.4 Å². The van der Waals surface area contributed by atoms with Gasteiger partial charge in [-0.15, -0.1) is 0 Å². The molecule has 1 unspecified atom stereocenters. The highest BCUT2D eigenvalue weighted by Crippen LogP contribution is 2.17. The molecule has 3 N–H and O–H groups in total. The van der Waals surface area contributed by atoms with Crippen LogP contribution in [0.2, 0.25) is 10.4 Å². The number of hydrogen-bond donors (Lipinski definition) is 2. The zero-order chi connectivity index (χ0) is 13.0. The van der Waals surface area contributed by atoms with Crippen LogP contribution in [-0.4, -0.2) is 22.4 Å². The van der Waals surface area contributed by atoms with Gasteiger partial charge in [0.05, 0.1) is 5.92 Å². The molecule has 0 saturated carbocycles. The normalized spacial score (nSPS) is 12.6. The summed E-state index contributed by atoms with van der Waals surface area (Å²) >= 11 is 11.3. The number of anilines is 1. The lowest BCUT2D eigenvalue weighted by atomic mass is 9.95. The molecule has 0 spiro atoms. The van der Waals surface area contributed by atoms with E-state index in [1.165, 1.54) is 6.07 Å². The third-order valence-corrected chi connectivity index (χ3v) is 2.68. The van der Waals surface area contributed by atoms with Crippen molar-refractivity contribution < 1.29 is 4.79 Å². The zero-order valence-electron chi connectivity index (χ0n) is 9.58. The predicted molar refractivity (Wildman–Crippen MR) is 68.1 cm³/mol. The van der Waals surface area contributed by atoms with Crippen molar-refractivity contribution >= 4 is 34.9 Å². The van der Waals surface area contributed by atoms with Gasteiger partial charge in [0.25, 0.3) is 0 Å². The van der Waals surface area contributed by atoms with E-state index in [4.69, 9.17) is 28.9 Å². The Hall–Kier alpha value is -0.910. The van der Waals surface area contributed by atoms with Gasteiger partial charge in [-0.25, -0.2) is 9.97 Å². The predicted octanol–water partition coefficient (Wildman–Crippen LogP) is 1.95. The van der Waals surface area contributed by atoms with Gasteiger partial charge in [0.15, 0.2) is 0 Å². The number of hydrogen-bond acceptors (Lipinski definition) is 4. The summed E-state index contributed by atoms with van der Waals surface area (Å²) in [6, 6.07) is 1.43. The SMILES string of the molecule is CC(C)C(CN)C(=O)Nc1cc(Cl)nc(Cl)n1. The molecule has 1 aromatic heterocycles. The van der Waals surface area contributed by atoms with Crippen molar-refractivity contribution in [3.8, 4) is 0 Å². The Morgan fingerprint density at radius 1 is 1.47 bits per heavy atom. The van der Waals surface area contributed by atoms with Gasteiger partial charge in [-0.05, 0) is 17.5 Å². The van der Waals surface area contributed by atoms with Gasteiger partial charge >= 0.3 is 0 Å². The molecule has 1 amide bonds. The van der Waals surface area contributed by atoms with E-state index in [9.17, 15) is 4.79 Å². The third-order valence-electron chi connectivity index (χ3n) is 2.31. The summed E-state index contributed by atoms with van der Waals surface area (Å²) in [4.78, 5) is 19.4. The number of aromatic nitrogens is 2. The number of halogens is 2. The number of nitrogens with zero attached hydrogens (tertiary/aromatic N) is 2. The first-order chi connectivity index (χ1) is 7.93. The molecule has 1 rings (SSSR count). The Kier molecular flexibility index (Phi) is 5.11. The summed E-state index contributed by atoms with van der Waals surface area (Å²) in [5, 5.41) is 2.78. The Labute approximate surface area is 110 Å². The van der Waals surface area contributed by atoms with Gasteiger partial charge < -0.3 is 11.1 Å². The molecule has 94 valence electrons. The number of nitrogens with two attached hydrogens (primary N) is 1. The van der Waals surface area contributed by atoms with Crippen molar-refractivity contribution in [2.75, 3.05) is 11.9 Å². The fraction of sp³-hybridized carbons (Fsp3) is 0.500. The molecule has 7 heteroatoms. The van der Waals surface area contributed by atoms with Crippen molar-refractivity contribution in [2.45, 2.75) is 13.8 Å². The minimum absolute atomic E-state index is 0.0124. The first kappa shape index (κ1) is 14.2. The van der Waals surface area contributed by atoms with E-state index in [0.29, 0.717) is 0 Å². The Balaban J connectivity index is 2.80. The lowest BCUT2D eigenvalue weighted by Crippen LogP contribution is -2.33. The fourth-order valence-corrected chi connectivity index (χ4v) is 1.76. The first-order valence-electron chi connectivity index (χ1n) is 5.15. The quantitative estimate of drug-likeness (QED) is 0.651. The second-order valence-electron chi connectivity index (χ2n) is 3.92. The molecule has 0 bridgehead atoms. The second-order valence-corrected chi connectivity index (χ2v) is 4.65. The van der Waals surface area contributed by atoms with E-state index in [0.717, 1.165) is 0 Å². The lowest BCUT2D eigenvalue weighted by molar-refractivity contribution is -0.120. The van der Waals surface area contributed by atoms with Crippen LogP contribution in [0.15, 0.2) is 6.07 Å². The topological polar surface area (TPSA) is 80.9 Å². The molecule has 1 heterocycles. The van der Waals surface area contributed by atoms with Gasteiger partial charge in [-0.3, -0.25) is 4.79 Å². The molecular formula is C10H14Cl2N4O. The molecule has 5 nitrogen and oxygen atoms in total. The number of nitrogens with one attached hydrogen (secondary N) is 1. The summed E-state index contributed by atoms with van der Waals surface area (Å²) < 4.78 is 0. The number of carbonyl (C=O) groups is 1. The third kappa shape index (κ3) is 4.11. The van der Waals surface area contributed by atoms with Gasteiger partial charge in [-0.2, -0.15) is 0 Å². The maximum atomic E-state index is 11.9. The van der Waals surface area contributed by atoms with E-state index < -0.39 is 0 Å². The molecule has 17 heavy (non-hydrogen) atoms. The Morgan fingerprint density at radius 2 is 2.12 bits per heavy atom. The van der Waals surface area contributed by atoms with E-state index >= 15 is 0 Å². The molecule has 0 radical (unpaired) electrons. The molecule has 0 aliphatic carbocycles. The van der Waals surface area contributed by atoms with Crippen molar-refractivity contribution in [1.82, 2.24) is 9.97 Å². The average molecular weight is 277 g/mol. The van der Waals surface area contributed by atoms with Gasteiger partial charge in [0.1, 0.15) is 11.0 Å². The average Bonchev–Trinajstić information content (AvgIpc) is 2.15. The number of carbonyl (C=O) groups excluding carboxylic acids is 1. The highest BCUT2D eigenvalue weighted by atomic mass is 35.5. The van der Waals surface area contributed by atoms with Crippen molar-refractivity contribution in [2.24, 2.45) is 17.6 Å². The van der Waals surface area contributed by atoms with E-state index in [-0.39, 0.29) is 40.5 Å². The maximum Gasteiger partial charge on any atom is 0.230 e. The van der Waals surface area contributed by atoms with Crippen LogP contribution in [0.5, 0.6) is 0 Å². The van der Waals surface area contributed by atoms with Crippen LogP contribution in [0, 0.1) is 11.8 Å². The summed E-state index contributed by atoms with van der Waals surface area (Å²) in [5.41, 5.74) is 5.54. The molecule has 0 aliphatic heterocycles. The standard InChI is InChI=1S/C10H14Cl2N4O/c1-5(2)6(4-13)9(17)15-8-3-7(11)14-10(12)16-8/h3,5-6H,4,13H2,1-2H3,(H,14,15,16,17). The van der Waals surface area contributed by atoms with Crippen LogP contribution in [0.25, 0.3) is 0 Å². The summed E-state index contributed by atoms with van der Waals surface area (Å²) in [6.07, 6.45) is 0. The van der Waals surface area contributed by atoms with Crippen LogP contribution >= 0.6 is 23.2 Å². The van der Waals surface area contributed by atoms with Crippen molar-refractivity contribution in [3.63, 3.8) is 0 Å². The van der Waals surface area contributed by atoms with Crippen molar-refractivity contribution in [3.05, 3.63) is 16.5 Å². The van der Waals surface area contributed by atoms with E-state index in [2.05, 4.69) is 15.3 Å². The molecule has 0 aliphatic rings. The Bertz CT molecular complexity index is 391. The summed E-state index contributed by atoms with van der Waals surface area (Å²) in [6.45, 7) is 4.13. The van der Waals surface area contributed by atoms with Crippen LogP contribution in [0.3, 0.4) is 0 Å². The number of rotatable bonds is 4. The maximum absolute atomic E-state index is 11.9. The first-order valence-corrected chi connectivity index (χ1v) is 5.90.